The van der Waals surface area contributed by atoms with E-state index in [9.17, 15) is 4.79 Å². The summed E-state index contributed by atoms with van der Waals surface area (Å²) in [6, 6.07) is 14.1. The van der Waals surface area contributed by atoms with Gasteiger partial charge in [-0.3, -0.25) is 4.79 Å². The number of rotatable bonds is 5. The van der Waals surface area contributed by atoms with Gasteiger partial charge in [0.15, 0.2) is 0 Å². The van der Waals surface area contributed by atoms with Gasteiger partial charge in [-0.2, -0.15) is 0 Å². The number of hydrogen-bond donors (Lipinski definition) is 0. The molecular weight excluding hydrogens is 354 g/mol. The molecule has 0 saturated heterocycles. The fourth-order valence-electron chi connectivity index (χ4n) is 3.18. The molecule has 0 radical (unpaired) electrons. The third-order valence-electron chi connectivity index (χ3n) is 4.19. The minimum atomic E-state index is -0.126. The Morgan fingerprint density at radius 3 is 2.74 bits per heavy atom. The van der Waals surface area contributed by atoms with Crippen molar-refractivity contribution >= 4 is 27.5 Å². The van der Waals surface area contributed by atoms with Gasteiger partial charge in [-0.15, -0.1) is 0 Å². The van der Waals surface area contributed by atoms with Crippen LogP contribution in [0.2, 0.25) is 0 Å². The predicted octanol–water partition coefficient (Wildman–Crippen LogP) is 4.54. The molecule has 3 nitrogen and oxygen atoms in total. The number of likely N-dealkylation sites (N-methyl/N-ethyl adjacent to an activating group) is 1. The third-order valence-corrected chi connectivity index (χ3v) is 4.68. The van der Waals surface area contributed by atoms with Gasteiger partial charge in [0.05, 0.1) is 12.5 Å². The highest BCUT2D eigenvalue weighted by molar-refractivity contribution is 9.10. The van der Waals surface area contributed by atoms with Gasteiger partial charge in [0.2, 0.25) is 5.91 Å². The molecule has 2 aromatic carbocycles. The molecule has 0 saturated carbocycles. The minimum absolute atomic E-state index is 0.126. The average Bonchev–Trinajstić information content (AvgIpc) is 2.79. The summed E-state index contributed by atoms with van der Waals surface area (Å²) in [7, 11) is 0. The summed E-state index contributed by atoms with van der Waals surface area (Å²) in [5.74, 6) is 0.916. The highest BCUT2D eigenvalue weighted by atomic mass is 79.9. The lowest BCUT2D eigenvalue weighted by Crippen LogP contribution is -2.29. The summed E-state index contributed by atoms with van der Waals surface area (Å²) in [6.07, 6.45) is 0.694. The largest absolute Gasteiger partial charge is 0.494 e. The zero-order chi connectivity index (χ0) is 16.4. The maximum absolute atomic E-state index is 12.8. The Hall–Kier alpha value is -1.81. The second-order valence-electron chi connectivity index (χ2n) is 5.62. The molecule has 1 unspecified atom stereocenters. The Morgan fingerprint density at radius 1 is 1.17 bits per heavy atom. The number of carbonyl (C=O) groups excluding carboxylic acids is 1. The van der Waals surface area contributed by atoms with E-state index in [0.29, 0.717) is 19.6 Å². The highest BCUT2D eigenvalue weighted by Gasteiger charge is 2.36. The van der Waals surface area contributed by atoms with E-state index in [2.05, 4.69) is 28.1 Å². The maximum Gasteiger partial charge on any atom is 0.234 e. The van der Waals surface area contributed by atoms with Gasteiger partial charge < -0.3 is 9.64 Å². The first-order valence-electron chi connectivity index (χ1n) is 7.96. The fourth-order valence-corrected chi connectivity index (χ4v) is 3.56. The van der Waals surface area contributed by atoms with Crippen molar-refractivity contribution in [3.63, 3.8) is 0 Å². The van der Waals surface area contributed by atoms with E-state index in [1.807, 2.05) is 49.1 Å². The number of carbonyl (C=O) groups is 1. The molecule has 0 aromatic heterocycles. The third kappa shape index (κ3) is 3.13. The second-order valence-corrected chi connectivity index (χ2v) is 6.54. The van der Waals surface area contributed by atoms with Crippen LogP contribution in [0.25, 0.3) is 0 Å². The fraction of sp³-hybridized carbons (Fsp3) is 0.316. The van der Waals surface area contributed by atoms with Crippen LogP contribution in [0.3, 0.4) is 0 Å². The zero-order valence-corrected chi connectivity index (χ0v) is 15.0. The molecule has 3 rings (SSSR count). The quantitative estimate of drug-likeness (QED) is 0.769. The van der Waals surface area contributed by atoms with Crippen LogP contribution in [0.4, 0.5) is 5.69 Å². The van der Waals surface area contributed by atoms with Crippen LogP contribution in [0.1, 0.15) is 30.9 Å². The van der Waals surface area contributed by atoms with Crippen LogP contribution in [0, 0.1) is 0 Å². The first kappa shape index (κ1) is 16.1. The van der Waals surface area contributed by atoms with Gasteiger partial charge in [-0.05, 0) is 61.7 Å². The maximum atomic E-state index is 12.8. The first-order valence-corrected chi connectivity index (χ1v) is 8.76. The molecular formula is C19H20BrNO2. The lowest BCUT2D eigenvalue weighted by molar-refractivity contribution is -0.119. The van der Waals surface area contributed by atoms with E-state index in [0.717, 1.165) is 27.0 Å². The first-order chi connectivity index (χ1) is 11.1. The molecule has 4 heteroatoms. The molecule has 1 aliphatic heterocycles. The van der Waals surface area contributed by atoms with Crippen molar-refractivity contribution in [3.8, 4) is 5.75 Å². The second kappa shape index (κ2) is 6.75. The SMILES string of the molecule is CCOc1cccc(CC2C(=O)N(CC)c3ccc(Br)cc32)c1. The molecule has 0 fully saturated rings. The standard InChI is InChI=1S/C19H20BrNO2/c1-3-21-18-9-8-14(20)12-16(18)17(19(21)22)11-13-6-5-7-15(10-13)23-4-2/h5-10,12,17H,3-4,11H2,1-2H3. The van der Waals surface area contributed by atoms with Gasteiger partial charge in [0.25, 0.3) is 0 Å². The highest BCUT2D eigenvalue weighted by Crippen LogP contribution is 2.40. The number of nitrogens with zero attached hydrogens (tertiary/aromatic N) is 1. The molecule has 0 bridgehead atoms. The minimum Gasteiger partial charge on any atom is -0.494 e. The Bertz CT molecular complexity index is 729. The molecule has 0 spiro atoms. The predicted molar refractivity (Wildman–Crippen MR) is 96.2 cm³/mol. The summed E-state index contributed by atoms with van der Waals surface area (Å²) >= 11 is 3.52. The number of halogens is 1. The van der Waals surface area contributed by atoms with Crippen LogP contribution in [0.5, 0.6) is 5.75 Å². The number of benzene rings is 2. The van der Waals surface area contributed by atoms with Crippen molar-refractivity contribution in [1.82, 2.24) is 0 Å². The summed E-state index contributed by atoms with van der Waals surface area (Å²) in [6.45, 7) is 5.33. The molecule has 1 aliphatic rings. The van der Waals surface area contributed by atoms with E-state index in [-0.39, 0.29) is 11.8 Å². The molecule has 2 aromatic rings. The van der Waals surface area contributed by atoms with Gasteiger partial charge in [0, 0.05) is 16.7 Å². The Labute approximate surface area is 145 Å². The lowest BCUT2D eigenvalue weighted by Gasteiger charge is -2.15. The summed E-state index contributed by atoms with van der Waals surface area (Å²) in [5, 5.41) is 0. The summed E-state index contributed by atoms with van der Waals surface area (Å²) in [4.78, 5) is 14.7. The van der Waals surface area contributed by atoms with Crippen LogP contribution in [-0.4, -0.2) is 19.1 Å². The van der Waals surface area contributed by atoms with Crippen LogP contribution in [0.15, 0.2) is 46.9 Å². The topological polar surface area (TPSA) is 29.5 Å². The summed E-state index contributed by atoms with van der Waals surface area (Å²) in [5.41, 5.74) is 3.26. The Kier molecular flexibility index (Phi) is 4.71. The number of amides is 1. The van der Waals surface area contributed by atoms with E-state index < -0.39 is 0 Å². The molecule has 0 aliphatic carbocycles. The zero-order valence-electron chi connectivity index (χ0n) is 13.4. The van der Waals surface area contributed by atoms with Gasteiger partial charge in [0.1, 0.15) is 5.75 Å². The van der Waals surface area contributed by atoms with Crippen molar-refractivity contribution in [1.29, 1.82) is 0 Å². The van der Waals surface area contributed by atoms with Gasteiger partial charge in [-0.1, -0.05) is 28.1 Å². The van der Waals surface area contributed by atoms with Crippen molar-refractivity contribution in [3.05, 3.63) is 58.1 Å². The number of hydrogen-bond acceptors (Lipinski definition) is 2. The van der Waals surface area contributed by atoms with Crippen LogP contribution in [-0.2, 0) is 11.2 Å². The number of ether oxygens (including phenoxy) is 1. The van der Waals surface area contributed by atoms with Crippen molar-refractivity contribution in [2.45, 2.75) is 26.2 Å². The van der Waals surface area contributed by atoms with Crippen LogP contribution >= 0.6 is 15.9 Å². The van der Waals surface area contributed by atoms with E-state index in [1.54, 1.807) is 0 Å². The van der Waals surface area contributed by atoms with E-state index >= 15 is 0 Å². The average molecular weight is 374 g/mol. The molecule has 120 valence electrons. The number of fused-ring (bicyclic) bond motifs is 1. The van der Waals surface area contributed by atoms with E-state index in [1.165, 1.54) is 0 Å². The smallest absolute Gasteiger partial charge is 0.234 e. The van der Waals surface area contributed by atoms with Crippen molar-refractivity contribution < 1.29 is 9.53 Å². The Morgan fingerprint density at radius 2 is 2.00 bits per heavy atom. The monoisotopic (exact) mass is 373 g/mol. The molecule has 1 atom stereocenters. The summed E-state index contributed by atoms with van der Waals surface area (Å²) < 4.78 is 6.58. The molecule has 0 N–H and O–H groups in total. The van der Waals surface area contributed by atoms with Crippen molar-refractivity contribution in [2.24, 2.45) is 0 Å². The van der Waals surface area contributed by atoms with Gasteiger partial charge >= 0.3 is 0 Å². The van der Waals surface area contributed by atoms with Crippen molar-refractivity contribution in [2.75, 3.05) is 18.1 Å². The molecule has 1 amide bonds. The van der Waals surface area contributed by atoms with E-state index in [4.69, 9.17) is 4.74 Å². The Balaban J connectivity index is 1.92. The lowest BCUT2D eigenvalue weighted by atomic mass is 9.93. The molecule has 23 heavy (non-hydrogen) atoms. The normalized spacial score (nSPS) is 16.6. The van der Waals surface area contributed by atoms with Crippen LogP contribution < -0.4 is 9.64 Å². The molecule has 1 heterocycles. The number of anilines is 1. The van der Waals surface area contributed by atoms with Gasteiger partial charge in [-0.25, -0.2) is 0 Å².